The van der Waals surface area contributed by atoms with Crippen LogP contribution in [0.4, 0.5) is 4.39 Å². The second-order valence-electron chi connectivity index (χ2n) is 2.76. The number of rotatable bonds is 3. The van der Waals surface area contributed by atoms with Gasteiger partial charge in [-0.25, -0.2) is 9.18 Å². The van der Waals surface area contributed by atoms with E-state index in [2.05, 4.69) is 4.74 Å². The van der Waals surface area contributed by atoms with E-state index in [4.69, 9.17) is 11.6 Å². The van der Waals surface area contributed by atoms with E-state index < -0.39 is 11.8 Å². The van der Waals surface area contributed by atoms with Crippen LogP contribution in [0.2, 0.25) is 0 Å². The minimum absolute atomic E-state index is 0.0748. The molecule has 0 aliphatic carbocycles. The Balaban J connectivity index is 3.11. The molecule has 0 aliphatic heterocycles. The van der Waals surface area contributed by atoms with Crippen molar-refractivity contribution in [3.05, 3.63) is 41.2 Å². The number of benzene rings is 1. The van der Waals surface area contributed by atoms with Gasteiger partial charge in [0.15, 0.2) is 0 Å². The predicted octanol–water partition coefficient (Wildman–Crippen LogP) is 2.86. The van der Waals surface area contributed by atoms with Crippen LogP contribution >= 0.6 is 11.6 Å². The third-order valence-corrected chi connectivity index (χ3v) is 2.00. The molecule has 0 bridgehead atoms. The summed E-state index contributed by atoms with van der Waals surface area (Å²) in [7, 11) is 1.21. The van der Waals surface area contributed by atoms with Gasteiger partial charge >= 0.3 is 5.97 Å². The van der Waals surface area contributed by atoms with Gasteiger partial charge in [0.25, 0.3) is 0 Å². The quantitative estimate of drug-likeness (QED) is 0.587. The number of ether oxygens (including phenoxy) is 1. The van der Waals surface area contributed by atoms with Crippen molar-refractivity contribution in [2.75, 3.05) is 13.0 Å². The Labute approximate surface area is 92.3 Å². The second kappa shape index (κ2) is 5.51. The molecule has 1 aromatic carbocycles. The van der Waals surface area contributed by atoms with Crippen LogP contribution in [-0.4, -0.2) is 19.0 Å². The lowest BCUT2D eigenvalue weighted by Crippen LogP contribution is -2.05. The molecular formula is C11H10ClFO2. The monoisotopic (exact) mass is 228 g/mol. The normalized spacial score (nSPS) is 10.6. The standard InChI is InChI=1S/C11H10ClFO2/c1-15-11(14)9-6-2-4-8(10(9)13)5-3-7-12/h2-6H,7H2,1H3. The number of esters is 1. The fourth-order valence-electron chi connectivity index (χ4n) is 1.12. The smallest absolute Gasteiger partial charge is 0.340 e. The first-order chi connectivity index (χ1) is 7.20. The Morgan fingerprint density at radius 1 is 1.60 bits per heavy atom. The summed E-state index contributed by atoms with van der Waals surface area (Å²) in [4.78, 5) is 11.1. The Hall–Kier alpha value is -1.35. The van der Waals surface area contributed by atoms with Gasteiger partial charge in [0, 0.05) is 11.4 Å². The van der Waals surface area contributed by atoms with E-state index in [9.17, 15) is 9.18 Å². The number of hydrogen-bond donors (Lipinski definition) is 0. The van der Waals surface area contributed by atoms with Crippen molar-refractivity contribution in [1.82, 2.24) is 0 Å². The van der Waals surface area contributed by atoms with Gasteiger partial charge in [-0.05, 0) is 6.07 Å². The van der Waals surface area contributed by atoms with Gasteiger partial charge in [0.1, 0.15) is 5.82 Å². The minimum Gasteiger partial charge on any atom is -0.465 e. The molecule has 0 amide bonds. The van der Waals surface area contributed by atoms with E-state index >= 15 is 0 Å². The molecule has 0 aliphatic rings. The Morgan fingerprint density at radius 2 is 2.33 bits per heavy atom. The maximum atomic E-state index is 13.6. The highest BCUT2D eigenvalue weighted by Gasteiger charge is 2.13. The zero-order valence-electron chi connectivity index (χ0n) is 8.17. The average Bonchev–Trinajstić information content (AvgIpc) is 2.27. The highest BCUT2D eigenvalue weighted by atomic mass is 35.5. The van der Waals surface area contributed by atoms with Gasteiger partial charge in [0.05, 0.1) is 12.7 Å². The molecule has 0 radical (unpaired) electrons. The van der Waals surface area contributed by atoms with Crippen LogP contribution in [0, 0.1) is 5.82 Å². The number of halogens is 2. The predicted molar refractivity (Wildman–Crippen MR) is 57.5 cm³/mol. The van der Waals surface area contributed by atoms with Gasteiger partial charge < -0.3 is 4.74 Å². The first-order valence-corrected chi connectivity index (χ1v) is 4.83. The summed E-state index contributed by atoms with van der Waals surface area (Å²) in [5, 5.41) is 0. The van der Waals surface area contributed by atoms with Crippen molar-refractivity contribution in [2.45, 2.75) is 0 Å². The first-order valence-electron chi connectivity index (χ1n) is 4.30. The molecule has 0 aromatic heterocycles. The third kappa shape index (κ3) is 2.80. The molecule has 1 aromatic rings. The Bertz CT molecular complexity index is 388. The van der Waals surface area contributed by atoms with E-state index in [0.29, 0.717) is 11.4 Å². The van der Waals surface area contributed by atoms with Crippen molar-refractivity contribution in [3.63, 3.8) is 0 Å². The molecule has 15 heavy (non-hydrogen) atoms. The molecule has 80 valence electrons. The van der Waals surface area contributed by atoms with Crippen molar-refractivity contribution in [1.29, 1.82) is 0 Å². The molecule has 4 heteroatoms. The van der Waals surface area contributed by atoms with E-state index in [0.717, 1.165) is 0 Å². The lowest BCUT2D eigenvalue weighted by atomic mass is 10.1. The maximum Gasteiger partial charge on any atom is 0.340 e. The van der Waals surface area contributed by atoms with Crippen LogP contribution in [0.5, 0.6) is 0 Å². The van der Waals surface area contributed by atoms with E-state index in [1.807, 2.05) is 0 Å². The first kappa shape index (κ1) is 11.7. The number of hydrogen-bond acceptors (Lipinski definition) is 2. The highest BCUT2D eigenvalue weighted by Crippen LogP contribution is 2.15. The molecule has 0 spiro atoms. The number of methoxy groups -OCH3 is 1. The van der Waals surface area contributed by atoms with E-state index in [1.165, 1.54) is 19.3 Å². The lowest BCUT2D eigenvalue weighted by molar-refractivity contribution is 0.0595. The summed E-state index contributed by atoms with van der Waals surface area (Å²) < 4.78 is 18.1. The van der Waals surface area contributed by atoms with Gasteiger partial charge in [-0.3, -0.25) is 0 Å². The van der Waals surface area contributed by atoms with Gasteiger partial charge in [0.2, 0.25) is 0 Å². The average molecular weight is 229 g/mol. The van der Waals surface area contributed by atoms with Crippen LogP contribution in [0.3, 0.4) is 0 Å². The SMILES string of the molecule is COC(=O)c1cccc(C=CCCl)c1F. The van der Waals surface area contributed by atoms with Crippen molar-refractivity contribution in [2.24, 2.45) is 0 Å². The fraction of sp³-hybridized carbons (Fsp3) is 0.182. The molecule has 0 saturated heterocycles. The van der Waals surface area contributed by atoms with Crippen molar-refractivity contribution >= 4 is 23.6 Å². The molecular weight excluding hydrogens is 219 g/mol. The van der Waals surface area contributed by atoms with Crippen LogP contribution in [-0.2, 0) is 4.74 Å². The van der Waals surface area contributed by atoms with E-state index in [-0.39, 0.29) is 5.56 Å². The van der Waals surface area contributed by atoms with Gasteiger partial charge in [-0.1, -0.05) is 24.3 Å². The third-order valence-electron chi connectivity index (χ3n) is 1.82. The lowest BCUT2D eigenvalue weighted by Gasteiger charge is -2.03. The molecule has 2 nitrogen and oxygen atoms in total. The Kier molecular flexibility index (Phi) is 4.31. The molecule has 0 unspecified atom stereocenters. The summed E-state index contributed by atoms with van der Waals surface area (Å²) in [5.41, 5.74) is 0.243. The minimum atomic E-state index is -0.686. The van der Waals surface area contributed by atoms with Crippen LogP contribution in [0.25, 0.3) is 6.08 Å². The van der Waals surface area contributed by atoms with Crippen LogP contribution in [0.15, 0.2) is 24.3 Å². The zero-order valence-corrected chi connectivity index (χ0v) is 8.92. The number of carbonyl (C=O) groups is 1. The molecule has 0 N–H and O–H groups in total. The molecule has 0 atom stereocenters. The summed E-state index contributed by atoms with van der Waals surface area (Å²) in [5.74, 6) is -0.985. The summed E-state index contributed by atoms with van der Waals surface area (Å²) in [6.45, 7) is 0. The Morgan fingerprint density at radius 3 is 2.93 bits per heavy atom. The largest absolute Gasteiger partial charge is 0.465 e. The zero-order chi connectivity index (χ0) is 11.3. The summed E-state index contributed by atoms with van der Waals surface area (Å²) >= 11 is 5.43. The molecule has 0 fully saturated rings. The maximum absolute atomic E-state index is 13.6. The summed E-state index contributed by atoms with van der Waals surface area (Å²) in [6.07, 6.45) is 3.12. The van der Waals surface area contributed by atoms with Crippen LogP contribution < -0.4 is 0 Å². The molecule has 0 saturated carbocycles. The van der Waals surface area contributed by atoms with Crippen molar-refractivity contribution in [3.8, 4) is 0 Å². The van der Waals surface area contributed by atoms with Crippen molar-refractivity contribution < 1.29 is 13.9 Å². The topological polar surface area (TPSA) is 26.3 Å². The molecule has 0 heterocycles. The molecule has 1 rings (SSSR count). The number of carbonyl (C=O) groups excluding carboxylic acids is 1. The van der Waals surface area contributed by atoms with Gasteiger partial charge in [-0.2, -0.15) is 0 Å². The highest BCUT2D eigenvalue weighted by molar-refractivity contribution is 6.19. The summed E-state index contributed by atoms with van der Waals surface area (Å²) in [6, 6.07) is 4.52. The fourth-order valence-corrected chi connectivity index (χ4v) is 1.21. The van der Waals surface area contributed by atoms with Crippen LogP contribution in [0.1, 0.15) is 15.9 Å². The second-order valence-corrected chi connectivity index (χ2v) is 3.07. The number of alkyl halides is 1. The van der Waals surface area contributed by atoms with Gasteiger partial charge in [-0.15, -0.1) is 11.6 Å². The number of allylic oxidation sites excluding steroid dienone is 1. The van der Waals surface area contributed by atoms with E-state index in [1.54, 1.807) is 18.2 Å².